The van der Waals surface area contributed by atoms with Gasteiger partial charge in [-0.15, -0.1) is 0 Å². The van der Waals surface area contributed by atoms with E-state index in [2.05, 4.69) is 9.55 Å². The molecule has 0 N–H and O–H groups in total. The van der Waals surface area contributed by atoms with Gasteiger partial charge in [-0.2, -0.15) is 0 Å². The number of nitrogens with zero attached hydrogens (tertiary/aromatic N) is 3. The van der Waals surface area contributed by atoms with Crippen LogP contribution in [0.15, 0.2) is 54.9 Å². The summed E-state index contributed by atoms with van der Waals surface area (Å²) in [6, 6.07) is 12.9. The fourth-order valence-electron chi connectivity index (χ4n) is 4.37. The van der Waals surface area contributed by atoms with Crippen LogP contribution in [-0.2, 0) is 11.3 Å². The Hall–Kier alpha value is -2.70. The van der Waals surface area contributed by atoms with Gasteiger partial charge in [0.25, 0.3) is 5.91 Å². The lowest BCUT2D eigenvalue weighted by Crippen LogP contribution is -2.49. The van der Waals surface area contributed by atoms with Crippen molar-refractivity contribution < 1.29 is 14.3 Å². The quantitative estimate of drug-likeness (QED) is 0.548. The maximum Gasteiger partial charge on any atom is 0.267 e. The van der Waals surface area contributed by atoms with Crippen molar-refractivity contribution >= 4 is 29.1 Å². The van der Waals surface area contributed by atoms with Gasteiger partial charge in [0.15, 0.2) is 11.5 Å². The predicted octanol–water partition coefficient (Wildman–Crippen LogP) is 4.78. The Balaban J connectivity index is 1.22. The minimum absolute atomic E-state index is 0.0213. The number of benzene rings is 2. The Labute approximate surface area is 196 Å². The summed E-state index contributed by atoms with van der Waals surface area (Å²) < 4.78 is 13.7. The monoisotopic (exact) mass is 471 g/mol. The highest BCUT2D eigenvalue weighted by Gasteiger charge is 2.34. The number of hydrogen-bond donors (Lipinski definition) is 0. The molecule has 5 rings (SSSR count). The number of ether oxygens (including phenoxy) is 2. The summed E-state index contributed by atoms with van der Waals surface area (Å²) in [7, 11) is 0. The fraction of sp³-hybridized carbons (Fsp3) is 0.333. The normalized spacial score (nSPS) is 18.6. The molecule has 0 bridgehead atoms. The molecule has 1 unspecified atom stereocenters. The van der Waals surface area contributed by atoms with Crippen LogP contribution in [0, 0.1) is 0 Å². The summed E-state index contributed by atoms with van der Waals surface area (Å²) >= 11 is 12.5. The van der Waals surface area contributed by atoms with Crippen LogP contribution < -0.4 is 9.47 Å². The van der Waals surface area contributed by atoms with E-state index in [1.807, 2.05) is 53.7 Å². The third-order valence-corrected chi connectivity index (χ3v) is 6.66. The van der Waals surface area contributed by atoms with E-state index in [4.69, 9.17) is 32.7 Å². The molecule has 32 heavy (non-hydrogen) atoms. The van der Waals surface area contributed by atoms with E-state index >= 15 is 0 Å². The van der Waals surface area contributed by atoms with Crippen LogP contribution in [0.5, 0.6) is 11.5 Å². The van der Waals surface area contributed by atoms with Crippen LogP contribution in [-0.4, -0.2) is 46.2 Å². The first-order chi connectivity index (χ1) is 15.6. The number of carbonyl (C=O) groups is 1. The SMILES string of the molecule is O=C(C1COc2ccccc2O1)N1CCC(c2nccn2Cc2cc(Cl)ccc2Cl)CC1. The molecule has 0 aliphatic carbocycles. The topological polar surface area (TPSA) is 56.6 Å². The minimum Gasteiger partial charge on any atom is -0.485 e. The van der Waals surface area contributed by atoms with E-state index < -0.39 is 6.10 Å². The van der Waals surface area contributed by atoms with Gasteiger partial charge in [-0.1, -0.05) is 35.3 Å². The van der Waals surface area contributed by atoms with Gasteiger partial charge in [0.05, 0.1) is 6.54 Å². The Bertz CT molecular complexity index is 1130. The van der Waals surface area contributed by atoms with Crippen LogP contribution in [0.3, 0.4) is 0 Å². The van der Waals surface area contributed by atoms with E-state index in [0.717, 1.165) is 24.2 Å². The molecule has 2 aliphatic rings. The van der Waals surface area contributed by atoms with Gasteiger partial charge in [0.1, 0.15) is 12.4 Å². The lowest BCUT2D eigenvalue weighted by atomic mass is 9.95. The maximum absolute atomic E-state index is 13.0. The molecule has 3 aromatic rings. The van der Waals surface area contributed by atoms with E-state index in [1.165, 1.54) is 0 Å². The number of amides is 1. The lowest BCUT2D eigenvalue weighted by Gasteiger charge is -2.35. The molecule has 0 spiro atoms. The second-order valence-electron chi connectivity index (χ2n) is 8.11. The molecule has 166 valence electrons. The van der Waals surface area contributed by atoms with Gasteiger partial charge < -0.3 is 18.9 Å². The van der Waals surface area contributed by atoms with Crippen LogP contribution in [0.1, 0.15) is 30.1 Å². The first-order valence-corrected chi connectivity index (χ1v) is 11.5. The van der Waals surface area contributed by atoms with Gasteiger partial charge in [0, 0.05) is 41.4 Å². The standard InChI is InChI=1S/C24H23Cl2N3O3/c25-18-5-6-19(26)17(13-18)14-29-12-9-27-23(29)16-7-10-28(11-8-16)24(30)22-15-31-20-3-1-2-4-21(20)32-22/h1-6,9,12-13,16,22H,7-8,10-11,14-15H2. The second-order valence-corrected chi connectivity index (χ2v) is 8.96. The number of aromatic nitrogens is 2. The highest BCUT2D eigenvalue weighted by Crippen LogP contribution is 2.33. The molecule has 1 amide bonds. The van der Waals surface area contributed by atoms with Crippen molar-refractivity contribution in [2.45, 2.75) is 31.4 Å². The third kappa shape index (κ3) is 4.30. The van der Waals surface area contributed by atoms with Crippen molar-refractivity contribution in [1.82, 2.24) is 14.5 Å². The van der Waals surface area contributed by atoms with Crippen molar-refractivity contribution in [3.05, 3.63) is 76.3 Å². The average molecular weight is 472 g/mol. The van der Waals surface area contributed by atoms with Gasteiger partial charge in [-0.25, -0.2) is 4.98 Å². The van der Waals surface area contributed by atoms with Crippen LogP contribution in [0.2, 0.25) is 10.0 Å². The number of rotatable bonds is 4. The number of para-hydroxylation sites is 2. The molecule has 1 saturated heterocycles. The molecule has 2 aromatic carbocycles. The summed E-state index contributed by atoms with van der Waals surface area (Å²) in [6.45, 7) is 2.17. The smallest absolute Gasteiger partial charge is 0.267 e. The Morgan fingerprint density at radius 3 is 2.69 bits per heavy atom. The van der Waals surface area contributed by atoms with E-state index in [9.17, 15) is 4.79 Å². The van der Waals surface area contributed by atoms with Crippen molar-refractivity contribution in [2.75, 3.05) is 19.7 Å². The number of carbonyl (C=O) groups excluding carboxylic acids is 1. The fourth-order valence-corrected chi connectivity index (χ4v) is 4.74. The number of piperidine rings is 1. The largest absolute Gasteiger partial charge is 0.485 e. The summed E-state index contributed by atoms with van der Waals surface area (Å²) in [6.07, 6.45) is 4.87. The Morgan fingerprint density at radius 1 is 1.09 bits per heavy atom. The molecule has 2 aliphatic heterocycles. The Morgan fingerprint density at radius 2 is 1.88 bits per heavy atom. The molecule has 3 heterocycles. The highest BCUT2D eigenvalue weighted by atomic mass is 35.5. The average Bonchev–Trinajstić information content (AvgIpc) is 3.29. The van der Waals surface area contributed by atoms with Crippen LogP contribution in [0.25, 0.3) is 0 Å². The number of likely N-dealkylation sites (tertiary alicyclic amines) is 1. The van der Waals surface area contributed by atoms with Crippen LogP contribution in [0.4, 0.5) is 0 Å². The molecule has 0 saturated carbocycles. The zero-order valence-corrected chi connectivity index (χ0v) is 18.9. The van der Waals surface area contributed by atoms with Gasteiger partial charge in [0.2, 0.25) is 6.10 Å². The maximum atomic E-state index is 13.0. The molecule has 6 nitrogen and oxygen atoms in total. The molecular weight excluding hydrogens is 449 g/mol. The first-order valence-electron chi connectivity index (χ1n) is 10.7. The number of imidazole rings is 1. The van der Waals surface area contributed by atoms with E-state index in [-0.39, 0.29) is 18.4 Å². The van der Waals surface area contributed by atoms with Gasteiger partial charge in [-0.05, 0) is 48.7 Å². The van der Waals surface area contributed by atoms with Crippen molar-refractivity contribution in [3.63, 3.8) is 0 Å². The second kappa shape index (κ2) is 9.04. The number of fused-ring (bicyclic) bond motifs is 1. The van der Waals surface area contributed by atoms with Crippen LogP contribution >= 0.6 is 23.2 Å². The minimum atomic E-state index is -0.603. The highest BCUT2D eigenvalue weighted by molar-refractivity contribution is 6.33. The van der Waals surface area contributed by atoms with Crippen molar-refractivity contribution in [3.8, 4) is 11.5 Å². The molecule has 0 radical (unpaired) electrons. The van der Waals surface area contributed by atoms with Crippen molar-refractivity contribution in [2.24, 2.45) is 0 Å². The summed E-state index contributed by atoms with van der Waals surface area (Å²) in [5.41, 5.74) is 0.959. The first kappa shape index (κ1) is 21.2. The van der Waals surface area contributed by atoms with E-state index in [0.29, 0.717) is 41.2 Å². The van der Waals surface area contributed by atoms with Crippen molar-refractivity contribution in [1.29, 1.82) is 0 Å². The number of hydrogen-bond acceptors (Lipinski definition) is 4. The number of halogens is 2. The molecule has 1 atom stereocenters. The van der Waals surface area contributed by atoms with Gasteiger partial charge in [-0.3, -0.25) is 4.79 Å². The summed E-state index contributed by atoms with van der Waals surface area (Å²) in [5.74, 6) is 2.57. The zero-order chi connectivity index (χ0) is 22.1. The third-order valence-electron chi connectivity index (χ3n) is 6.05. The Kier molecular flexibility index (Phi) is 5.98. The summed E-state index contributed by atoms with van der Waals surface area (Å²) in [4.78, 5) is 19.5. The molecule has 8 heteroatoms. The molecular formula is C24H23Cl2N3O3. The lowest BCUT2D eigenvalue weighted by molar-refractivity contribution is -0.142. The van der Waals surface area contributed by atoms with E-state index in [1.54, 1.807) is 6.07 Å². The zero-order valence-electron chi connectivity index (χ0n) is 17.4. The summed E-state index contributed by atoms with van der Waals surface area (Å²) in [5, 5.41) is 1.35. The molecule has 1 aromatic heterocycles. The predicted molar refractivity (Wildman–Crippen MR) is 123 cm³/mol. The van der Waals surface area contributed by atoms with Gasteiger partial charge >= 0.3 is 0 Å². The molecule has 1 fully saturated rings.